The van der Waals surface area contributed by atoms with Gasteiger partial charge < -0.3 is 14.3 Å². The Balaban J connectivity index is 3.32. The van der Waals surface area contributed by atoms with Crippen LogP contribution >= 0.6 is 0 Å². The van der Waals surface area contributed by atoms with Gasteiger partial charge in [-0.25, -0.2) is 4.79 Å². The monoisotopic (exact) mass is 296 g/mol. The number of rotatable bonds is 4. The van der Waals surface area contributed by atoms with E-state index in [2.05, 4.69) is 33.9 Å². The molecule has 1 N–H and O–H groups in total. The number of carboxylic acid groups (broad SMARTS) is 1. The Morgan fingerprint density at radius 2 is 1.80 bits per heavy atom. The van der Waals surface area contributed by atoms with E-state index in [4.69, 9.17) is 9.16 Å². The molecule has 1 rings (SSSR count). The molecule has 0 aliphatic heterocycles. The highest BCUT2D eigenvalue weighted by Gasteiger charge is 2.39. The molecule has 0 fully saturated rings. The number of methoxy groups -OCH3 is 1. The van der Waals surface area contributed by atoms with Crippen LogP contribution in [-0.4, -0.2) is 26.5 Å². The van der Waals surface area contributed by atoms with Gasteiger partial charge in [0, 0.05) is 11.6 Å². The summed E-state index contributed by atoms with van der Waals surface area (Å²) in [4.78, 5) is 11.3. The number of carbonyl (C=O) groups is 1. The summed E-state index contributed by atoms with van der Waals surface area (Å²) in [5, 5.41) is 9.32. The topological polar surface area (TPSA) is 55.8 Å². The lowest BCUT2D eigenvalue weighted by Crippen LogP contribution is -2.44. The second kappa shape index (κ2) is 5.48. The molecule has 0 bridgehead atoms. The van der Waals surface area contributed by atoms with Gasteiger partial charge in [-0.2, -0.15) is 0 Å². The molecule has 0 aliphatic rings. The first-order chi connectivity index (χ1) is 8.99. The van der Waals surface area contributed by atoms with Gasteiger partial charge in [0.25, 0.3) is 0 Å². The van der Waals surface area contributed by atoms with Crippen molar-refractivity contribution in [2.45, 2.75) is 45.8 Å². The molecular weight excluding hydrogens is 272 g/mol. The van der Waals surface area contributed by atoms with E-state index in [0.29, 0.717) is 17.1 Å². The van der Waals surface area contributed by atoms with E-state index in [-0.39, 0.29) is 10.6 Å². The molecule has 4 nitrogen and oxygen atoms in total. The van der Waals surface area contributed by atoms with Gasteiger partial charge in [0.1, 0.15) is 11.5 Å². The minimum atomic E-state index is -2.02. The predicted octanol–water partition coefficient (Wildman–Crippen LogP) is 4.09. The van der Waals surface area contributed by atoms with Crippen molar-refractivity contribution >= 4 is 14.3 Å². The predicted molar refractivity (Wildman–Crippen MR) is 82.5 cm³/mol. The summed E-state index contributed by atoms with van der Waals surface area (Å²) >= 11 is 0. The summed E-state index contributed by atoms with van der Waals surface area (Å²) in [5.74, 6) is 0.136. The Hall–Kier alpha value is -1.49. The number of hydrogen-bond donors (Lipinski definition) is 1. The molecule has 0 spiro atoms. The Bertz CT molecular complexity index is 515. The molecule has 0 heterocycles. The van der Waals surface area contributed by atoms with Crippen molar-refractivity contribution in [2.75, 3.05) is 7.11 Å². The van der Waals surface area contributed by atoms with Crippen molar-refractivity contribution in [1.82, 2.24) is 0 Å². The number of ether oxygens (including phenoxy) is 1. The van der Waals surface area contributed by atoms with Gasteiger partial charge >= 0.3 is 5.97 Å². The van der Waals surface area contributed by atoms with Crippen LogP contribution in [0.4, 0.5) is 0 Å². The fourth-order valence-electron chi connectivity index (χ4n) is 1.54. The molecule has 0 saturated carbocycles. The summed E-state index contributed by atoms with van der Waals surface area (Å²) in [7, 11) is -0.499. The standard InChI is InChI=1S/C15H24O4Si/c1-10-12(14(16)17)8-11(18-5)9-13(10)19-20(6,7)15(2,3)4/h8-9H,1-7H3,(H,16,17). The second-order valence-corrected chi connectivity index (χ2v) is 11.2. The van der Waals surface area contributed by atoms with Gasteiger partial charge in [-0.1, -0.05) is 20.8 Å². The molecule has 0 amide bonds. The fraction of sp³-hybridized carbons (Fsp3) is 0.533. The molecule has 1 aromatic rings. The summed E-state index contributed by atoms with van der Waals surface area (Å²) in [6, 6.07) is 3.29. The SMILES string of the molecule is COc1cc(O[Si](C)(C)C(C)(C)C)c(C)c(C(=O)O)c1. The first-order valence-electron chi connectivity index (χ1n) is 6.60. The Kier molecular flexibility index (Phi) is 4.54. The van der Waals surface area contributed by atoms with Crippen molar-refractivity contribution < 1.29 is 19.1 Å². The van der Waals surface area contributed by atoms with E-state index < -0.39 is 14.3 Å². The van der Waals surface area contributed by atoms with Crippen LogP contribution in [0, 0.1) is 6.92 Å². The zero-order valence-electron chi connectivity index (χ0n) is 13.3. The minimum Gasteiger partial charge on any atom is -0.543 e. The molecule has 5 heteroatoms. The molecule has 112 valence electrons. The first-order valence-corrected chi connectivity index (χ1v) is 9.51. The van der Waals surface area contributed by atoms with E-state index in [1.54, 1.807) is 13.0 Å². The van der Waals surface area contributed by atoms with E-state index in [1.807, 2.05) is 0 Å². The normalized spacial score (nSPS) is 12.2. The number of carboxylic acids is 1. The zero-order chi connectivity index (χ0) is 15.7. The van der Waals surface area contributed by atoms with Gasteiger partial charge in [0.2, 0.25) is 8.32 Å². The molecule has 0 aromatic heterocycles. The lowest BCUT2D eigenvalue weighted by molar-refractivity contribution is 0.0695. The van der Waals surface area contributed by atoms with Crippen molar-refractivity contribution in [3.8, 4) is 11.5 Å². The largest absolute Gasteiger partial charge is 0.543 e. The smallest absolute Gasteiger partial charge is 0.336 e. The van der Waals surface area contributed by atoms with E-state index in [9.17, 15) is 9.90 Å². The Morgan fingerprint density at radius 3 is 2.20 bits per heavy atom. The van der Waals surface area contributed by atoms with Crippen LogP contribution in [-0.2, 0) is 0 Å². The highest BCUT2D eigenvalue weighted by atomic mass is 28.4. The van der Waals surface area contributed by atoms with Crippen molar-refractivity contribution in [3.63, 3.8) is 0 Å². The van der Waals surface area contributed by atoms with Crippen LogP contribution in [0.15, 0.2) is 12.1 Å². The van der Waals surface area contributed by atoms with Crippen molar-refractivity contribution in [3.05, 3.63) is 23.3 Å². The van der Waals surface area contributed by atoms with Gasteiger partial charge in [0.15, 0.2) is 0 Å². The summed E-state index contributed by atoms with van der Waals surface area (Å²) in [5.41, 5.74) is 0.862. The van der Waals surface area contributed by atoms with Gasteiger partial charge in [0.05, 0.1) is 12.7 Å². The number of aromatic carboxylic acids is 1. The first kappa shape index (κ1) is 16.6. The van der Waals surface area contributed by atoms with E-state index in [1.165, 1.54) is 13.2 Å². The second-order valence-electron chi connectivity index (χ2n) is 6.47. The molecule has 20 heavy (non-hydrogen) atoms. The molecular formula is C15H24O4Si. The molecule has 1 aromatic carbocycles. The number of hydrogen-bond acceptors (Lipinski definition) is 3. The Morgan fingerprint density at radius 1 is 1.25 bits per heavy atom. The van der Waals surface area contributed by atoms with Crippen LogP contribution < -0.4 is 9.16 Å². The molecule has 0 saturated heterocycles. The van der Waals surface area contributed by atoms with Crippen LogP contribution in [0.1, 0.15) is 36.7 Å². The molecule has 0 atom stereocenters. The van der Waals surface area contributed by atoms with Crippen LogP contribution in [0.5, 0.6) is 11.5 Å². The van der Waals surface area contributed by atoms with Crippen molar-refractivity contribution in [1.29, 1.82) is 0 Å². The lowest BCUT2D eigenvalue weighted by Gasteiger charge is -2.37. The maximum Gasteiger partial charge on any atom is 0.336 e. The third-order valence-corrected chi connectivity index (χ3v) is 8.31. The van der Waals surface area contributed by atoms with Crippen LogP contribution in [0.25, 0.3) is 0 Å². The molecule has 0 unspecified atom stereocenters. The summed E-state index contributed by atoms with van der Waals surface area (Å²) < 4.78 is 11.4. The summed E-state index contributed by atoms with van der Waals surface area (Å²) in [6.07, 6.45) is 0. The maximum absolute atomic E-state index is 11.3. The minimum absolute atomic E-state index is 0.0475. The van der Waals surface area contributed by atoms with Crippen LogP contribution in [0.2, 0.25) is 18.1 Å². The third-order valence-electron chi connectivity index (χ3n) is 3.97. The lowest BCUT2D eigenvalue weighted by atomic mass is 10.1. The summed E-state index contributed by atoms with van der Waals surface area (Å²) in [6.45, 7) is 12.5. The highest BCUT2D eigenvalue weighted by molar-refractivity contribution is 6.74. The average molecular weight is 296 g/mol. The third kappa shape index (κ3) is 3.33. The van der Waals surface area contributed by atoms with Gasteiger partial charge in [-0.3, -0.25) is 0 Å². The van der Waals surface area contributed by atoms with Crippen LogP contribution in [0.3, 0.4) is 0 Å². The van der Waals surface area contributed by atoms with E-state index >= 15 is 0 Å². The zero-order valence-corrected chi connectivity index (χ0v) is 14.3. The van der Waals surface area contributed by atoms with Crippen molar-refractivity contribution in [2.24, 2.45) is 0 Å². The molecule has 0 radical (unpaired) electrons. The van der Waals surface area contributed by atoms with E-state index in [0.717, 1.165) is 0 Å². The van der Waals surface area contributed by atoms with Gasteiger partial charge in [-0.05, 0) is 31.1 Å². The number of benzene rings is 1. The highest BCUT2D eigenvalue weighted by Crippen LogP contribution is 2.39. The quantitative estimate of drug-likeness (QED) is 0.850. The fourth-order valence-corrected chi connectivity index (χ4v) is 2.60. The van der Waals surface area contributed by atoms with Gasteiger partial charge in [-0.15, -0.1) is 0 Å². The average Bonchev–Trinajstić information content (AvgIpc) is 2.29. The molecule has 0 aliphatic carbocycles. The Labute approximate surface area is 121 Å². The maximum atomic E-state index is 11.3.